The van der Waals surface area contributed by atoms with Crippen LogP contribution >= 0.6 is 11.3 Å². The summed E-state index contributed by atoms with van der Waals surface area (Å²) in [7, 11) is 0. The van der Waals surface area contributed by atoms with E-state index in [0.717, 1.165) is 20.8 Å². The molecule has 0 fully saturated rings. The number of nitrogens with one attached hydrogen (secondary N) is 1. The summed E-state index contributed by atoms with van der Waals surface area (Å²) in [6.45, 7) is 2.19. The fraction of sp³-hybridized carbons (Fsp3) is 0.130. The quantitative estimate of drug-likeness (QED) is 0.400. The number of hydrogen-bond donors (Lipinski definition) is 2. The van der Waals surface area contributed by atoms with Crippen molar-refractivity contribution in [1.82, 2.24) is 20.0 Å². The van der Waals surface area contributed by atoms with Gasteiger partial charge in [0.15, 0.2) is 5.69 Å². The van der Waals surface area contributed by atoms with Crippen molar-refractivity contribution in [2.75, 3.05) is 5.32 Å². The Morgan fingerprint density at radius 1 is 1.22 bits per heavy atom. The number of aliphatic hydroxyl groups is 1. The zero-order chi connectivity index (χ0) is 22.1. The lowest BCUT2D eigenvalue weighted by Crippen LogP contribution is -2.12. The summed E-state index contributed by atoms with van der Waals surface area (Å²) in [6.07, 6.45) is 2.10. The molecule has 0 spiro atoms. The number of hydrogen-bond acceptors (Lipinski definition) is 7. The van der Waals surface area contributed by atoms with Gasteiger partial charge < -0.3 is 14.8 Å². The highest BCUT2D eigenvalue weighted by molar-refractivity contribution is 7.21. The molecule has 1 atom stereocenters. The van der Waals surface area contributed by atoms with Crippen LogP contribution in [0.1, 0.15) is 27.9 Å². The number of aromatic nitrogens is 4. The van der Waals surface area contributed by atoms with E-state index in [2.05, 4.69) is 34.7 Å². The lowest BCUT2D eigenvalue weighted by molar-refractivity contribution is 0.102. The molecule has 3 aromatic heterocycles. The van der Waals surface area contributed by atoms with E-state index in [1.54, 1.807) is 23.5 Å². The Labute approximate surface area is 187 Å². The minimum absolute atomic E-state index is 0.129. The maximum Gasteiger partial charge on any atom is 0.277 e. The molecule has 2 aromatic carbocycles. The summed E-state index contributed by atoms with van der Waals surface area (Å²) in [5, 5.41) is 21.7. The molecule has 0 aliphatic heterocycles. The van der Waals surface area contributed by atoms with Crippen molar-refractivity contribution in [3.8, 4) is 10.6 Å². The molecule has 32 heavy (non-hydrogen) atoms. The molecule has 3 heterocycles. The molecule has 1 amide bonds. The highest BCUT2D eigenvalue weighted by Crippen LogP contribution is 2.31. The van der Waals surface area contributed by atoms with Crippen LogP contribution in [0.25, 0.3) is 20.8 Å². The molecule has 2 N–H and O–H groups in total. The Morgan fingerprint density at radius 2 is 2.06 bits per heavy atom. The Kier molecular flexibility index (Phi) is 5.26. The number of aryl methyl sites for hydroxylation is 1. The molecule has 0 aliphatic rings. The first-order chi connectivity index (χ1) is 15.5. The normalized spacial score (nSPS) is 12.2. The number of amides is 1. The van der Waals surface area contributed by atoms with Gasteiger partial charge in [-0.25, -0.2) is 9.67 Å². The van der Waals surface area contributed by atoms with Gasteiger partial charge in [0.05, 0.1) is 29.2 Å². The highest BCUT2D eigenvalue weighted by Gasteiger charge is 2.16. The van der Waals surface area contributed by atoms with E-state index in [9.17, 15) is 9.90 Å². The van der Waals surface area contributed by atoms with E-state index in [-0.39, 0.29) is 18.1 Å². The van der Waals surface area contributed by atoms with Crippen molar-refractivity contribution in [3.63, 3.8) is 0 Å². The lowest BCUT2D eigenvalue weighted by atomic mass is 10.2. The van der Waals surface area contributed by atoms with Gasteiger partial charge in [0.1, 0.15) is 16.9 Å². The number of carbonyl (C=O) groups is 1. The zero-order valence-electron chi connectivity index (χ0n) is 17.1. The summed E-state index contributed by atoms with van der Waals surface area (Å²) < 4.78 is 7.72. The smallest absolute Gasteiger partial charge is 0.277 e. The van der Waals surface area contributed by atoms with Crippen molar-refractivity contribution < 1.29 is 14.3 Å². The largest absolute Gasteiger partial charge is 0.467 e. The van der Waals surface area contributed by atoms with Crippen LogP contribution in [0.5, 0.6) is 0 Å². The molecule has 0 unspecified atom stereocenters. The van der Waals surface area contributed by atoms with Crippen LogP contribution in [0.15, 0.2) is 71.5 Å². The van der Waals surface area contributed by atoms with Gasteiger partial charge in [-0.3, -0.25) is 4.79 Å². The molecule has 0 aliphatic carbocycles. The number of furan rings is 1. The highest BCUT2D eigenvalue weighted by atomic mass is 32.1. The number of anilines is 1. The Hall–Kier alpha value is -3.82. The fourth-order valence-electron chi connectivity index (χ4n) is 3.29. The molecule has 0 saturated carbocycles. The molecular weight excluding hydrogens is 426 g/mol. The first-order valence-corrected chi connectivity index (χ1v) is 10.8. The van der Waals surface area contributed by atoms with E-state index in [1.165, 1.54) is 22.7 Å². The molecule has 5 rings (SSSR count). The van der Waals surface area contributed by atoms with Gasteiger partial charge in [-0.05, 0) is 61.0 Å². The molecule has 160 valence electrons. The summed E-state index contributed by atoms with van der Waals surface area (Å²) in [5.74, 6) is 0.0433. The number of fused-ring (bicyclic) bond motifs is 1. The topological polar surface area (TPSA) is 106 Å². The van der Waals surface area contributed by atoms with Gasteiger partial charge in [-0.15, -0.1) is 16.4 Å². The number of thiazole rings is 1. The van der Waals surface area contributed by atoms with Gasteiger partial charge in [0, 0.05) is 11.3 Å². The Balaban J connectivity index is 1.25. The second-order valence-corrected chi connectivity index (χ2v) is 8.41. The van der Waals surface area contributed by atoms with Crippen molar-refractivity contribution in [3.05, 3.63) is 84.1 Å². The van der Waals surface area contributed by atoms with Crippen LogP contribution in [-0.2, 0) is 6.54 Å². The Morgan fingerprint density at radius 3 is 2.84 bits per heavy atom. The summed E-state index contributed by atoms with van der Waals surface area (Å²) in [4.78, 5) is 17.2. The summed E-state index contributed by atoms with van der Waals surface area (Å²) in [6, 6.07) is 17.1. The molecule has 0 bridgehead atoms. The first kappa shape index (κ1) is 20.1. The minimum atomic E-state index is -0.874. The van der Waals surface area contributed by atoms with Gasteiger partial charge in [0.25, 0.3) is 5.91 Å². The van der Waals surface area contributed by atoms with E-state index < -0.39 is 6.10 Å². The SMILES string of the molecule is Cc1ccc2nc(-c3ccc(NC(=O)c4cn(C[C@@H](O)c5ccco5)nn4)cc3)sc2c1. The van der Waals surface area contributed by atoms with E-state index in [4.69, 9.17) is 9.40 Å². The van der Waals surface area contributed by atoms with Gasteiger partial charge in [-0.1, -0.05) is 11.3 Å². The van der Waals surface area contributed by atoms with E-state index in [1.807, 2.05) is 30.3 Å². The molecule has 9 heteroatoms. The van der Waals surface area contributed by atoms with Crippen LogP contribution in [0.3, 0.4) is 0 Å². The molecular formula is C23H19N5O3S. The molecule has 0 saturated heterocycles. The molecule has 8 nitrogen and oxygen atoms in total. The van der Waals surface area contributed by atoms with Gasteiger partial charge >= 0.3 is 0 Å². The molecule has 0 radical (unpaired) electrons. The van der Waals surface area contributed by atoms with Crippen molar-refractivity contribution in [2.24, 2.45) is 0 Å². The maximum absolute atomic E-state index is 12.5. The van der Waals surface area contributed by atoms with Crippen LogP contribution in [0.2, 0.25) is 0 Å². The number of aliphatic hydroxyl groups excluding tert-OH is 1. The second kappa shape index (κ2) is 8.37. The number of nitrogens with zero attached hydrogens (tertiary/aromatic N) is 4. The fourth-order valence-corrected chi connectivity index (χ4v) is 4.36. The standard InChI is InChI=1S/C23H19N5O3S/c1-14-4-9-17-21(11-14)32-23(25-17)15-5-7-16(8-6-15)24-22(30)18-12-28(27-26-18)13-19(29)20-3-2-10-31-20/h2-12,19,29H,13H2,1H3,(H,24,30)/t19-/m1/s1. The predicted octanol–water partition coefficient (Wildman–Crippen LogP) is 4.44. The van der Waals surface area contributed by atoms with Crippen molar-refractivity contribution in [2.45, 2.75) is 19.6 Å². The zero-order valence-corrected chi connectivity index (χ0v) is 17.9. The lowest BCUT2D eigenvalue weighted by Gasteiger charge is -2.06. The number of rotatable bonds is 6. The maximum atomic E-state index is 12.5. The van der Waals surface area contributed by atoms with Gasteiger partial charge in [0.2, 0.25) is 0 Å². The average molecular weight is 446 g/mol. The average Bonchev–Trinajstić information content (AvgIpc) is 3.54. The summed E-state index contributed by atoms with van der Waals surface area (Å²) in [5.41, 5.74) is 3.97. The van der Waals surface area contributed by atoms with Crippen molar-refractivity contribution >= 4 is 33.1 Å². The predicted molar refractivity (Wildman–Crippen MR) is 121 cm³/mol. The summed E-state index contributed by atoms with van der Waals surface area (Å²) >= 11 is 1.64. The third kappa shape index (κ3) is 4.16. The van der Waals surface area contributed by atoms with Crippen LogP contribution in [-0.4, -0.2) is 31.0 Å². The second-order valence-electron chi connectivity index (χ2n) is 7.38. The van der Waals surface area contributed by atoms with E-state index in [0.29, 0.717) is 11.4 Å². The molecule has 5 aromatic rings. The van der Waals surface area contributed by atoms with Crippen LogP contribution in [0.4, 0.5) is 5.69 Å². The first-order valence-electron chi connectivity index (χ1n) is 9.96. The minimum Gasteiger partial charge on any atom is -0.467 e. The van der Waals surface area contributed by atoms with Crippen LogP contribution < -0.4 is 5.32 Å². The third-order valence-corrected chi connectivity index (χ3v) is 6.00. The van der Waals surface area contributed by atoms with Crippen molar-refractivity contribution in [1.29, 1.82) is 0 Å². The number of carbonyl (C=O) groups excluding carboxylic acids is 1. The third-order valence-electron chi connectivity index (χ3n) is 4.94. The van der Waals surface area contributed by atoms with Gasteiger partial charge in [-0.2, -0.15) is 0 Å². The number of benzene rings is 2. The van der Waals surface area contributed by atoms with E-state index >= 15 is 0 Å². The Bertz CT molecular complexity index is 1370. The monoisotopic (exact) mass is 445 g/mol. The van der Waals surface area contributed by atoms with Crippen LogP contribution in [0, 0.1) is 6.92 Å².